The first-order chi connectivity index (χ1) is 8.34. The van der Waals surface area contributed by atoms with Crippen LogP contribution in [0.2, 0.25) is 0 Å². The van der Waals surface area contributed by atoms with E-state index in [-0.39, 0.29) is 11.7 Å². The van der Waals surface area contributed by atoms with Crippen LogP contribution in [0.5, 0.6) is 0 Å². The first kappa shape index (κ1) is 9.46. The standard InChI is InChI=1S/C15H14O2/c16-15(14-10-5-3-6-11(10)14)13-8-9-4-1-2-7-12(9)17-13/h1-2,4,7-8,10-11,14H,3,5-6H2. The smallest absolute Gasteiger partial charge is 0.201 e. The van der Waals surface area contributed by atoms with Crippen molar-refractivity contribution in [2.45, 2.75) is 19.3 Å². The average Bonchev–Trinajstić information content (AvgIpc) is 2.77. The Kier molecular flexibility index (Phi) is 1.79. The molecule has 86 valence electrons. The summed E-state index contributed by atoms with van der Waals surface area (Å²) in [6, 6.07) is 9.71. The third kappa shape index (κ3) is 1.30. The van der Waals surface area contributed by atoms with E-state index < -0.39 is 0 Å². The lowest BCUT2D eigenvalue weighted by Crippen LogP contribution is -2.04. The zero-order valence-electron chi connectivity index (χ0n) is 9.56. The van der Waals surface area contributed by atoms with Gasteiger partial charge in [-0.05, 0) is 36.8 Å². The van der Waals surface area contributed by atoms with Crippen molar-refractivity contribution in [3.05, 3.63) is 36.1 Å². The van der Waals surface area contributed by atoms with E-state index >= 15 is 0 Å². The highest BCUT2D eigenvalue weighted by molar-refractivity contribution is 6.00. The molecular weight excluding hydrogens is 212 g/mol. The maximum atomic E-state index is 12.3. The van der Waals surface area contributed by atoms with Crippen molar-refractivity contribution in [1.82, 2.24) is 0 Å². The molecule has 2 fully saturated rings. The fraction of sp³-hybridized carbons (Fsp3) is 0.400. The molecule has 1 heterocycles. The lowest BCUT2D eigenvalue weighted by atomic mass is 10.1. The van der Waals surface area contributed by atoms with Gasteiger partial charge in [0, 0.05) is 11.3 Å². The molecule has 0 radical (unpaired) electrons. The minimum absolute atomic E-state index is 0.232. The van der Waals surface area contributed by atoms with Crippen LogP contribution in [0.3, 0.4) is 0 Å². The second-order valence-electron chi connectivity index (χ2n) is 5.30. The first-order valence-corrected chi connectivity index (χ1v) is 6.37. The monoisotopic (exact) mass is 226 g/mol. The molecule has 2 aromatic rings. The highest BCUT2D eigenvalue weighted by Gasteiger charge is 2.56. The molecule has 2 nitrogen and oxygen atoms in total. The molecule has 2 heteroatoms. The topological polar surface area (TPSA) is 30.2 Å². The summed E-state index contributed by atoms with van der Waals surface area (Å²) < 4.78 is 5.65. The zero-order chi connectivity index (χ0) is 11.4. The summed E-state index contributed by atoms with van der Waals surface area (Å²) >= 11 is 0. The summed E-state index contributed by atoms with van der Waals surface area (Å²) in [5.41, 5.74) is 0.821. The molecule has 2 unspecified atom stereocenters. The first-order valence-electron chi connectivity index (χ1n) is 6.37. The fourth-order valence-corrected chi connectivity index (χ4v) is 3.48. The SMILES string of the molecule is O=C(c1cc2ccccc2o1)C1C2CCCC21. The number of fused-ring (bicyclic) bond motifs is 2. The van der Waals surface area contributed by atoms with E-state index in [2.05, 4.69) is 0 Å². The number of rotatable bonds is 2. The van der Waals surface area contributed by atoms with Crippen LogP contribution >= 0.6 is 0 Å². The molecule has 2 aliphatic carbocycles. The molecule has 4 rings (SSSR count). The van der Waals surface area contributed by atoms with E-state index in [1.807, 2.05) is 30.3 Å². The summed E-state index contributed by atoms with van der Waals surface area (Å²) in [4.78, 5) is 12.3. The van der Waals surface area contributed by atoms with Crippen molar-refractivity contribution in [2.75, 3.05) is 0 Å². The Labute approximate surface area is 99.6 Å². The fourth-order valence-electron chi connectivity index (χ4n) is 3.48. The van der Waals surface area contributed by atoms with Gasteiger partial charge in [0.1, 0.15) is 5.58 Å². The molecule has 17 heavy (non-hydrogen) atoms. The molecule has 2 aliphatic rings. The molecule has 0 amide bonds. The predicted molar refractivity (Wildman–Crippen MR) is 64.9 cm³/mol. The van der Waals surface area contributed by atoms with Crippen molar-refractivity contribution in [2.24, 2.45) is 17.8 Å². The number of para-hydroxylation sites is 1. The maximum absolute atomic E-state index is 12.3. The van der Waals surface area contributed by atoms with Gasteiger partial charge in [0.2, 0.25) is 5.78 Å². The summed E-state index contributed by atoms with van der Waals surface area (Å²) in [6.07, 6.45) is 3.78. The molecule has 2 saturated carbocycles. The molecule has 0 bridgehead atoms. The number of hydrogen-bond acceptors (Lipinski definition) is 2. The molecule has 1 aromatic heterocycles. The third-order valence-electron chi connectivity index (χ3n) is 4.38. The maximum Gasteiger partial charge on any atom is 0.201 e. The van der Waals surface area contributed by atoms with Crippen LogP contribution in [0.25, 0.3) is 11.0 Å². The summed E-state index contributed by atoms with van der Waals surface area (Å²) in [7, 11) is 0. The van der Waals surface area contributed by atoms with Crippen LogP contribution in [0.4, 0.5) is 0 Å². The molecule has 1 aromatic carbocycles. The number of Topliss-reactive ketones (excluding diaryl/α,β-unsaturated/α-hetero) is 1. The van der Waals surface area contributed by atoms with Crippen LogP contribution in [0, 0.1) is 17.8 Å². The van der Waals surface area contributed by atoms with Gasteiger partial charge >= 0.3 is 0 Å². The Hall–Kier alpha value is -1.57. The molecular formula is C15H14O2. The van der Waals surface area contributed by atoms with Gasteiger partial charge < -0.3 is 4.42 Å². The Morgan fingerprint density at radius 2 is 1.94 bits per heavy atom. The molecule has 2 atom stereocenters. The van der Waals surface area contributed by atoms with Crippen LogP contribution in [0.1, 0.15) is 29.8 Å². The van der Waals surface area contributed by atoms with Crippen molar-refractivity contribution in [3.63, 3.8) is 0 Å². The van der Waals surface area contributed by atoms with Gasteiger partial charge in [-0.2, -0.15) is 0 Å². The van der Waals surface area contributed by atoms with Crippen molar-refractivity contribution < 1.29 is 9.21 Å². The Morgan fingerprint density at radius 3 is 2.71 bits per heavy atom. The lowest BCUT2D eigenvalue weighted by Gasteiger charge is -1.98. The Bertz CT molecular complexity index is 553. The summed E-state index contributed by atoms with van der Waals surface area (Å²) in [5, 5.41) is 1.03. The van der Waals surface area contributed by atoms with Crippen LogP contribution in [-0.2, 0) is 0 Å². The second kappa shape index (κ2) is 3.22. The van der Waals surface area contributed by atoms with Gasteiger partial charge in [0.25, 0.3) is 0 Å². The van der Waals surface area contributed by atoms with E-state index in [0.717, 1.165) is 11.0 Å². The van der Waals surface area contributed by atoms with Gasteiger partial charge in [-0.15, -0.1) is 0 Å². The second-order valence-corrected chi connectivity index (χ2v) is 5.30. The number of carbonyl (C=O) groups is 1. The van der Waals surface area contributed by atoms with Gasteiger partial charge in [0.05, 0.1) is 0 Å². The number of ketones is 1. The van der Waals surface area contributed by atoms with Crippen LogP contribution in [0.15, 0.2) is 34.7 Å². The Morgan fingerprint density at radius 1 is 1.18 bits per heavy atom. The van der Waals surface area contributed by atoms with Crippen molar-refractivity contribution >= 4 is 16.8 Å². The lowest BCUT2D eigenvalue weighted by molar-refractivity contribution is 0.0926. The number of hydrogen-bond donors (Lipinski definition) is 0. The number of furan rings is 1. The van der Waals surface area contributed by atoms with Crippen LogP contribution in [-0.4, -0.2) is 5.78 Å². The minimum atomic E-state index is 0.232. The van der Waals surface area contributed by atoms with E-state index in [0.29, 0.717) is 17.6 Å². The molecule has 0 aliphatic heterocycles. The third-order valence-corrected chi connectivity index (χ3v) is 4.38. The highest BCUT2D eigenvalue weighted by Crippen LogP contribution is 2.58. The molecule has 0 spiro atoms. The molecule has 0 saturated heterocycles. The predicted octanol–water partition coefficient (Wildman–Crippen LogP) is 3.66. The highest BCUT2D eigenvalue weighted by atomic mass is 16.3. The van der Waals surface area contributed by atoms with Crippen molar-refractivity contribution in [3.8, 4) is 0 Å². The summed E-state index contributed by atoms with van der Waals surface area (Å²) in [5.74, 6) is 2.39. The van der Waals surface area contributed by atoms with Crippen molar-refractivity contribution in [1.29, 1.82) is 0 Å². The van der Waals surface area contributed by atoms with E-state index in [4.69, 9.17) is 4.42 Å². The van der Waals surface area contributed by atoms with E-state index in [1.54, 1.807) is 0 Å². The molecule has 0 N–H and O–H groups in total. The van der Waals surface area contributed by atoms with Gasteiger partial charge in [-0.3, -0.25) is 4.79 Å². The van der Waals surface area contributed by atoms with Gasteiger partial charge in [-0.25, -0.2) is 0 Å². The quantitative estimate of drug-likeness (QED) is 0.731. The van der Waals surface area contributed by atoms with E-state index in [9.17, 15) is 4.79 Å². The van der Waals surface area contributed by atoms with Crippen LogP contribution < -0.4 is 0 Å². The number of carbonyl (C=O) groups excluding carboxylic acids is 1. The average molecular weight is 226 g/mol. The largest absolute Gasteiger partial charge is 0.453 e. The Balaban J connectivity index is 1.68. The zero-order valence-corrected chi connectivity index (χ0v) is 9.56. The van der Waals surface area contributed by atoms with E-state index in [1.165, 1.54) is 19.3 Å². The van der Waals surface area contributed by atoms with Gasteiger partial charge in [-0.1, -0.05) is 24.6 Å². The normalized spacial score (nSPS) is 30.5. The summed E-state index contributed by atoms with van der Waals surface area (Å²) in [6.45, 7) is 0. The minimum Gasteiger partial charge on any atom is -0.453 e. The van der Waals surface area contributed by atoms with Gasteiger partial charge in [0.15, 0.2) is 5.76 Å². The number of benzene rings is 1.